The Labute approximate surface area is 100 Å². The normalized spacial score (nSPS) is 11.1. The van der Waals surface area contributed by atoms with Crippen molar-refractivity contribution in [2.24, 2.45) is 0 Å². The molecule has 5 heteroatoms. The number of rotatable bonds is 4. The van der Waals surface area contributed by atoms with Crippen molar-refractivity contribution in [3.63, 3.8) is 0 Å². The summed E-state index contributed by atoms with van der Waals surface area (Å²) < 4.78 is 9.88. The van der Waals surface area contributed by atoms with E-state index in [0.29, 0.717) is 6.42 Å². The predicted octanol–water partition coefficient (Wildman–Crippen LogP) is 1.52. The number of esters is 1. The zero-order chi connectivity index (χ0) is 13.1. The van der Waals surface area contributed by atoms with Crippen LogP contribution >= 0.6 is 0 Å². The van der Waals surface area contributed by atoms with Gasteiger partial charge in [-0.15, -0.1) is 0 Å². The largest absolute Gasteiger partial charge is 0.467 e. The van der Waals surface area contributed by atoms with Crippen molar-refractivity contribution < 1.29 is 18.7 Å². The van der Waals surface area contributed by atoms with Gasteiger partial charge in [0, 0.05) is 6.42 Å². The molecule has 0 saturated carbocycles. The summed E-state index contributed by atoms with van der Waals surface area (Å²) in [5.41, 5.74) is -1.08. The van der Waals surface area contributed by atoms with Crippen LogP contribution in [-0.4, -0.2) is 24.5 Å². The van der Waals surface area contributed by atoms with Crippen molar-refractivity contribution in [2.75, 3.05) is 7.11 Å². The predicted molar refractivity (Wildman–Crippen MR) is 61.6 cm³/mol. The van der Waals surface area contributed by atoms with Crippen molar-refractivity contribution >= 4 is 11.9 Å². The molecule has 94 valence electrons. The summed E-state index contributed by atoms with van der Waals surface area (Å²) in [5, 5.41) is 2.55. The van der Waals surface area contributed by atoms with Gasteiger partial charge in [-0.05, 0) is 26.0 Å². The molecule has 1 rings (SSSR count). The first-order chi connectivity index (χ1) is 7.90. The molecule has 1 aromatic rings. The summed E-state index contributed by atoms with van der Waals surface area (Å²) in [6.45, 7) is 5.07. The molecule has 0 unspecified atom stereocenters. The highest BCUT2D eigenvalue weighted by molar-refractivity contribution is 5.95. The van der Waals surface area contributed by atoms with Crippen LogP contribution in [0.5, 0.6) is 0 Å². The Morgan fingerprint density at radius 3 is 2.53 bits per heavy atom. The van der Waals surface area contributed by atoms with Crippen LogP contribution in [0.15, 0.2) is 16.5 Å². The summed E-state index contributed by atoms with van der Waals surface area (Å²) >= 11 is 0. The van der Waals surface area contributed by atoms with Gasteiger partial charge in [0.2, 0.25) is 0 Å². The quantitative estimate of drug-likeness (QED) is 0.809. The minimum absolute atomic E-state index is 0.193. The molecule has 0 aromatic carbocycles. The first kappa shape index (κ1) is 13.3. The molecular formula is C12H17NO4. The van der Waals surface area contributed by atoms with Crippen LogP contribution < -0.4 is 5.32 Å². The van der Waals surface area contributed by atoms with Crippen molar-refractivity contribution in [1.82, 2.24) is 5.32 Å². The molecule has 0 aliphatic rings. The van der Waals surface area contributed by atoms with Crippen molar-refractivity contribution in [2.45, 2.75) is 32.7 Å². The van der Waals surface area contributed by atoms with Gasteiger partial charge in [0.05, 0.1) is 7.11 Å². The maximum Gasteiger partial charge on any atom is 0.330 e. The Kier molecular flexibility index (Phi) is 3.93. The van der Waals surface area contributed by atoms with Gasteiger partial charge in [0.25, 0.3) is 5.91 Å². The number of furan rings is 1. The lowest BCUT2D eigenvalue weighted by Crippen LogP contribution is -2.50. The number of hydrogen-bond acceptors (Lipinski definition) is 4. The van der Waals surface area contributed by atoms with E-state index in [1.807, 2.05) is 6.92 Å². The average Bonchev–Trinajstić information content (AvgIpc) is 2.75. The van der Waals surface area contributed by atoms with Crippen LogP contribution in [0.25, 0.3) is 0 Å². The summed E-state index contributed by atoms with van der Waals surface area (Å²) in [7, 11) is 1.28. The number of nitrogens with one attached hydrogen (secondary N) is 1. The molecule has 1 N–H and O–H groups in total. The molecule has 17 heavy (non-hydrogen) atoms. The van der Waals surface area contributed by atoms with Gasteiger partial charge in [-0.3, -0.25) is 4.79 Å². The molecule has 5 nitrogen and oxygen atoms in total. The third-order valence-electron chi connectivity index (χ3n) is 2.36. The molecular weight excluding hydrogens is 222 g/mol. The SMILES string of the molecule is CCc1ccc(C(=O)NC(C)(C)C(=O)OC)o1. The van der Waals surface area contributed by atoms with Crippen molar-refractivity contribution in [1.29, 1.82) is 0 Å². The molecule has 1 amide bonds. The fourth-order valence-corrected chi connectivity index (χ4v) is 1.34. The Hall–Kier alpha value is -1.78. The first-order valence-electron chi connectivity index (χ1n) is 5.40. The van der Waals surface area contributed by atoms with E-state index < -0.39 is 17.4 Å². The van der Waals surface area contributed by atoms with E-state index in [0.717, 1.165) is 5.76 Å². The Morgan fingerprint density at radius 1 is 1.41 bits per heavy atom. The maximum atomic E-state index is 11.8. The van der Waals surface area contributed by atoms with Gasteiger partial charge in [-0.25, -0.2) is 4.79 Å². The molecule has 1 heterocycles. The molecule has 0 fully saturated rings. The molecule has 0 saturated heterocycles. The Balaban J connectivity index is 2.75. The second kappa shape index (κ2) is 5.03. The van der Waals surface area contributed by atoms with Gasteiger partial charge < -0.3 is 14.5 Å². The van der Waals surface area contributed by atoms with Gasteiger partial charge in [-0.2, -0.15) is 0 Å². The summed E-state index contributed by atoms with van der Waals surface area (Å²) in [5.74, 6) is -0.0157. The number of amides is 1. The van der Waals surface area contributed by atoms with Gasteiger partial charge in [-0.1, -0.05) is 6.92 Å². The molecule has 0 aliphatic heterocycles. The Bertz CT molecular complexity index is 420. The fourth-order valence-electron chi connectivity index (χ4n) is 1.34. The lowest BCUT2D eigenvalue weighted by molar-refractivity contribution is -0.146. The van der Waals surface area contributed by atoms with Crippen molar-refractivity contribution in [3.05, 3.63) is 23.7 Å². The first-order valence-corrected chi connectivity index (χ1v) is 5.40. The number of ether oxygens (including phenoxy) is 1. The fraction of sp³-hybridized carbons (Fsp3) is 0.500. The van der Waals surface area contributed by atoms with E-state index in [2.05, 4.69) is 10.1 Å². The summed E-state index contributed by atoms with van der Waals surface area (Å²) in [6, 6.07) is 3.32. The number of methoxy groups -OCH3 is 1. The minimum atomic E-state index is -1.08. The highest BCUT2D eigenvalue weighted by atomic mass is 16.5. The molecule has 0 spiro atoms. The minimum Gasteiger partial charge on any atom is -0.467 e. The molecule has 1 aromatic heterocycles. The number of carbonyl (C=O) groups is 2. The summed E-state index contributed by atoms with van der Waals surface area (Å²) in [4.78, 5) is 23.2. The second-order valence-corrected chi connectivity index (χ2v) is 4.19. The molecule has 0 bridgehead atoms. The number of carbonyl (C=O) groups excluding carboxylic acids is 2. The van der Waals surface area contributed by atoms with Crippen LogP contribution in [0.1, 0.15) is 37.1 Å². The van der Waals surface area contributed by atoms with Crippen LogP contribution in [0.3, 0.4) is 0 Å². The molecule has 0 radical (unpaired) electrons. The smallest absolute Gasteiger partial charge is 0.330 e. The zero-order valence-electron chi connectivity index (χ0n) is 10.5. The van der Waals surface area contributed by atoms with Crippen LogP contribution in [-0.2, 0) is 16.0 Å². The van der Waals surface area contributed by atoms with E-state index in [4.69, 9.17) is 4.42 Å². The van der Waals surface area contributed by atoms with E-state index in [-0.39, 0.29) is 5.76 Å². The van der Waals surface area contributed by atoms with Crippen LogP contribution in [0.2, 0.25) is 0 Å². The van der Waals surface area contributed by atoms with E-state index in [9.17, 15) is 9.59 Å². The third-order valence-corrected chi connectivity index (χ3v) is 2.36. The highest BCUT2D eigenvalue weighted by Gasteiger charge is 2.31. The van der Waals surface area contributed by atoms with E-state index in [1.165, 1.54) is 7.11 Å². The molecule has 0 atom stereocenters. The topological polar surface area (TPSA) is 68.5 Å². The third kappa shape index (κ3) is 3.09. The standard InChI is InChI=1S/C12H17NO4/c1-5-8-6-7-9(17-8)10(14)13-12(2,3)11(15)16-4/h6-7H,5H2,1-4H3,(H,13,14). The van der Waals surface area contributed by atoms with Crippen LogP contribution in [0.4, 0.5) is 0 Å². The zero-order valence-corrected chi connectivity index (χ0v) is 10.5. The summed E-state index contributed by atoms with van der Waals surface area (Å²) in [6.07, 6.45) is 0.716. The van der Waals surface area contributed by atoms with E-state index in [1.54, 1.807) is 26.0 Å². The second-order valence-electron chi connectivity index (χ2n) is 4.19. The van der Waals surface area contributed by atoms with Gasteiger partial charge in [0.15, 0.2) is 5.76 Å². The van der Waals surface area contributed by atoms with E-state index >= 15 is 0 Å². The maximum absolute atomic E-state index is 11.8. The lowest BCUT2D eigenvalue weighted by Gasteiger charge is -2.22. The highest BCUT2D eigenvalue weighted by Crippen LogP contribution is 2.11. The number of hydrogen-bond donors (Lipinski definition) is 1. The lowest BCUT2D eigenvalue weighted by atomic mass is 10.1. The Morgan fingerprint density at radius 2 is 2.06 bits per heavy atom. The average molecular weight is 239 g/mol. The van der Waals surface area contributed by atoms with Gasteiger partial charge in [0.1, 0.15) is 11.3 Å². The van der Waals surface area contributed by atoms with Crippen LogP contribution in [0, 0.1) is 0 Å². The monoisotopic (exact) mass is 239 g/mol. The molecule has 0 aliphatic carbocycles. The number of aryl methyl sites for hydroxylation is 1. The van der Waals surface area contributed by atoms with Crippen molar-refractivity contribution in [3.8, 4) is 0 Å². The van der Waals surface area contributed by atoms with Gasteiger partial charge >= 0.3 is 5.97 Å².